The molecule has 0 saturated carbocycles. The molecule has 5 nitrogen and oxygen atoms in total. The molecule has 1 aliphatic rings. The van der Waals surface area contributed by atoms with Gasteiger partial charge >= 0.3 is 0 Å². The Hall–Kier alpha value is -2.92. The first-order chi connectivity index (χ1) is 12.3. The summed E-state index contributed by atoms with van der Waals surface area (Å²) in [6.45, 7) is 0. The predicted molar refractivity (Wildman–Crippen MR) is 99.5 cm³/mol. The molecular formula is C20H19N5. The van der Waals surface area contributed by atoms with E-state index in [0.717, 1.165) is 22.8 Å². The first kappa shape index (κ1) is 15.6. The van der Waals surface area contributed by atoms with Gasteiger partial charge in [-0.05, 0) is 46.7 Å². The third kappa shape index (κ3) is 3.19. The van der Waals surface area contributed by atoms with Crippen LogP contribution in [0, 0.1) is 0 Å². The van der Waals surface area contributed by atoms with E-state index in [-0.39, 0.29) is 6.04 Å². The average molecular weight is 329 g/mol. The fraction of sp³-hybridized carbons (Fsp3) is 0.200. The zero-order valence-electron chi connectivity index (χ0n) is 13.8. The van der Waals surface area contributed by atoms with E-state index in [0.29, 0.717) is 6.42 Å². The minimum Gasteiger partial charge on any atom is -0.327 e. The van der Waals surface area contributed by atoms with E-state index in [1.54, 1.807) is 12.4 Å². The summed E-state index contributed by atoms with van der Waals surface area (Å²) in [5.74, 6) is 0. The van der Waals surface area contributed by atoms with E-state index in [4.69, 9.17) is 5.73 Å². The van der Waals surface area contributed by atoms with Gasteiger partial charge in [-0.2, -0.15) is 5.11 Å². The van der Waals surface area contributed by atoms with Crippen LogP contribution in [0.25, 0.3) is 10.8 Å². The molecule has 0 spiro atoms. The Bertz CT molecular complexity index is 921. The Morgan fingerprint density at radius 2 is 1.88 bits per heavy atom. The highest BCUT2D eigenvalue weighted by Crippen LogP contribution is 2.34. The van der Waals surface area contributed by atoms with Crippen molar-refractivity contribution < 1.29 is 0 Å². The molecule has 124 valence electrons. The summed E-state index contributed by atoms with van der Waals surface area (Å²) >= 11 is 0. The van der Waals surface area contributed by atoms with E-state index < -0.39 is 5.54 Å². The van der Waals surface area contributed by atoms with Crippen LogP contribution in [0.5, 0.6) is 0 Å². The van der Waals surface area contributed by atoms with Gasteiger partial charge in [0, 0.05) is 23.8 Å². The number of aromatic nitrogens is 1. The molecule has 1 aromatic heterocycles. The molecule has 0 bridgehead atoms. The SMILES string of the molecule is N[C@@H](Cc1ccccc1)CC1(c2ccc3cnccc3c2)C=NN=N1. The van der Waals surface area contributed by atoms with Gasteiger partial charge in [0.2, 0.25) is 0 Å². The van der Waals surface area contributed by atoms with Crippen molar-refractivity contribution in [2.45, 2.75) is 24.4 Å². The Morgan fingerprint density at radius 1 is 1.00 bits per heavy atom. The van der Waals surface area contributed by atoms with Crippen molar-refractivity contribution in [1.29, 1.82) is 0 Å². The normalized spacial score (nSPS) is 20.2. The second-order valence-electron chi connectivity index (χ2n) is 6.45. The summed E-state index contributed by atoms with van der Waals surface area (Å²) in [6, 6.07) is 18.5. The van der Waals surface area contributed by atoms with Crippen molar-refractivity contribution in [2.75, 3.05) is 0 Å². The first-order valence-corrected chi connectivity index (χ1v) is 8.35. The summed E-state index contributed by atoms with van der Waals surface area (Å²) in [4.78, 5) is 4.16. The third-order valence-electron chi connectivity index (χ3n) is 4.60. The van der Waals surface area contributed by atoms with Crippen LogP contribution in [-0.4, -0.2) is 17.2 Å². The number of rotatable bonds is 5. The number of fused-ring (bicyclic) bond motifs is 1. The van der Waals surface area contributed by atoms with Crippen molar-refractivity contribution in [1.82, 2.24) is 4.98 Å². The zero-order chi connectivity index (χ0) is 17.1. The van der Waals surface area contributed by atoms with Crippen molar-refractivity contribution in [2.24, 2.45) is 21.2 Å². The summed E-state index contributed by atoms with van der Waals surface area (Å²) < 4.78 is 0. The maximum absolute atomic E-state index is 6.45. The molecule has 3 aromatic rings. The Morgan fingerprint density at radius 3 is 2.68 bits per heavy atom. The van der Waals surface area contributed by atoms with Gasteiger partial charge in [0.1, 0.15) is 5.54 Å². The summed E-state index contributed by atoms with van der Waals surface area (Å²) in [7, 11) is 0. The topological polar surface area (TPSA) is 76.0 Å². The van der Waals surface area contributed by atoms with Gasteiger partial charge in [-0.3, -0.25) is 4.98 Å². The Balaban J connectivity index is 1.63. The second kappa shape index (κ2) is 6.53. The highest BCUT2D eigenvalue weighted by molar-refractivity contribution is 5.84. The summed E-state index contributed by atoms with van der Waals surface area (Å²) in [5.41, 5.74) is 8.13. The van der Waals surface area contributed by atoms with E-state index in [2.05, 4.69) is 50.8 Å². The lowest BCUT2D eigenvalue weighted by Gasteiger charge is -2.25. The minimum absolute atomic E-state index is 0.0426. The maximum atomic E-state index is 6.45. The van der Waals surface area contributed by atoms with Crippen LogP contribution < -0.4 is 5.73 Å². The third-order valence-corrected chi connectivity index (χ3v) is 4.60. The average Bonchev–Trinajstić information content (AvgIpc) is 3.11. The lowest BCUT2D eigenvalue weighted by molar-refractivity contribution is 0.472. The summed E-state index contributed by atoms with van der Waals surface area (Å²) in [6.07, 6.45) is 6.91. The Labute approximate surface area is 146 Å². The molecule has 1 aliphatic heterocycles. The molecule has 0 radical (unpaired) electrons. The van der Waals surface area contributed by atoms with Crippen molar-refractivity contribution in [3.8, 4) is 0 Å². The van der Waals surface area contributed by atoms with E-state index in [1.807, 2.05) is 30.5 Å². The van der Waals surface area contributed by atoms with Crippen molar-refractivity contribution >= 4 is 17.0 Å². The molecule has 0 aliphatic carbocycles. The standard InChI is InChI=1S/C20H19N5/c21-19(10-15-4-2-1-3-5-15)12-20(14-23-25-24-20)18-7-6-17-13-22-9-8-16(17)11-18/h1-9,11,13-14,19H,10,12,21H2/t19-,20?/m0/s1. The van der Waals surface area contributed by atoms with Crippen LogP contribution in [-0.2, 0) is 12.0 Å². The van der Waals surface area contributed by atoms with Crippen molar-refractivity contribution in [3.05, 3.63) is 78.1 Å². The zero-order valence-corrected chi connectivity index (χ0v) is 13.8. The second-order valence-corrected chi connectivity index (χ2v) is 6.45. The lowest BCUT2D eigenvalue weighted by Crippen LogP contribution is -2.35. The van der Waals surface area contributed by atoms with Crippen LogP contribution in [0.15, 0.2) is 82.4 Å². The number of nitrogens with zero attached hydrogens (tertiary/aromatic N) is 4. The molecule has 0 amide bonds. The molecule has 0 fully saturated rings. The fourth-order valence-electron chi connectivity index (χ4n) is 3.34. The molecule has 2 aromatic carbocycles. The number of pyridine rings is 1. The smallest absolute Gasteiger partial charge is 0.147 e. The minimum atomic E-state index is -0.592. The number of hydrogen-bond donors (Lipinski definition) is 1. The molecule has 2 heterocycles. The quantitative estimate of drug-likeness (QED) is 0.772. The largest absolute Gasteiger partial charge is 0.327 e. The monoisotopic (exact) mass is 329 g/mol. The van der Waals surface area contributed by atoms with Crippen molar-refractivity contribution in [3.63, 3.8) is 0 Å². The van der Waals surface area contributed by atoms with Crippen LogP contribution >= 0.6 is 0 Å². The molecule has 25 heavy (non-hydrogen) atoms. The van der Waals surface area contributed by atoms with Gasteiger partial charge in [-0.25, -0.2) is 0 Å². The van der Waals surface area contributed by atoms with E-state index in [9.17, 15) is 0 Å². The number of benzene rings is 2. The Kier molecular flexibility index (Phi) is 4.07. The van der Waals surface area contributed by atoms with Crippen LogP contribution in [0.2, 0.25) is 0 Å². The number of hydrogen-bond acceptors (Lipinski definition) is 5. The van der Waals surface area contributed by atoms with Crippen LogP contribution in [0.4, 0.5) is 0 Å². The molecule has 4 rings (SSSR count). The highest BCUT2D eigenvalue weighted by Gasteiger charge is 2.35. The molecule has 5 heteroatoms. The van der Waals surface area contributed by atoms with Gasteiger partial charge in [-0.15, -0.1) is 5.10 Å². The van der Waals surface area contributed by atoms with Gasteiger partial charge in [0.15, 0.2) is 0 Å². The lowest BCUT2D eigenvalue weighted by atomic mass is 9.83. The first-order valence-electron chi connectivity index (χ1n) is 8.35. The number of nitrogens with two attached hydrogens (primary N) is 1. The predicted octanol–water partition coefficient (Wildman–Crippen LogP) is 3.84. The van der Waals surface area contributed by atoms with Crippen LogP contribution in [0.3, 0.4) is 0 Å². The van der Waals surface area contributed by atoms with Gasteiger partial charge in [-0.1, -0.05) is 42.5 Å². The highest BCUT2D eigenvalue weighted by atomic mass is 15.4. The maximum Gasteiger partial charge on any atom is 0.147 e. The molecule has 2 N–H and O–H groups in total. The van der Waals surface area contributed by atoms with E-state index >= 15 is 0 Å². The molecular weight excluding hydrogens is 310 g/mol. The fourth-order valence-corrected chi connectivity index (χ4v) is 3.34. The molecule has 1 unspecified atom stereocenters. The van der Waals surface area contributed by atoms with Crippen LogP contribution in [0.1, 0.15) is 17.5 Å². The van der Waals surface area contributed by atoms with Gasteiger partial charge in [0.25, 0.3) is 0 Å². The molecule has 2 atom stereocenters. The van der Waals surface area contributed by atoms with Gasteiger partial charge < -0.3 is 5.73 Å². The molecule has 0 saturated heterocycles. The summed E-state index contributed by atoms with van der Waals surface area (Å²) in [5, 5.41) is 14.6. The van der Waals surface area contributed by atoms with Gasteiger partial charge in [0.05, 0.1) is 6.21 Å². The van der Waals surface area contributed by atoms with E-state index in [1.165, 1.54) is 5.56 Å².